The van der Waals surface area contributed by atoms with Crippen LogP contribution in [0.25, 0.3) is 0 Å². The van der Waals surface area contributed by atoms with Crippen molar-refractivity contribution in [2.24, 2.45) is 0 Å². The van der Waals surface area contributed by atoms with Crippen LogP contribution >= 0.6 is 7.82 Å². The lowest BCUT2D eigenvalue weighted by Gasteiger charge is -2.41. The van der Waals surface area contributed by atoms with E-state index >= 15 is 0 Å². The maximum absolute atomic E-state index is 12.9. The Kier molecular flexibility index (Phi) is 46.2. The Morgan fingerprint density at radius 3 is 1.22 bits per heavy atom. The number of aliphatic hydroxyl groups excluding tert-OH is 5. The number of carbonyl (C=O) groups is 1. The van der Waals surface area contributed by atoms with E-state index in [-0.39, 0.29) is 13.0 Å². The minimum atomic E-state index is -5.05. The molecule has 0 aromatic heterocycles. The zero-order chi connectivity index (χ0) is 54.0. The predicted molar refractivity (Wildman–Crippen MR) is 304 cm³/mol. The molecule has 6 atom stereocenters. The fourth-order valence-corrected chi connectivity index (χ4v) is 9.11. The van der Waals surface area contributed by atoms with Crippen LogP contribution in [0.15, 0.2) is 109 Å². The molecule has 0 aliphatic heterocycles. The standard InChI is InChI=1S/C61H103O12P/c1-3-5-7-9-11-13-15-17-19-21-23-25-27-29-31-33-35-37-39-41-43-45-47-49-51-70-52-54(53-71-74(68,69)73-61-59(66)57(64)56(63)58(65)60(61)67)72-55(62)50-48-46-44-42-40-38-36-34-32-30-28-26-24-22-20-18-16-14-12-10-8-6-4-2/h6,8,12,14-15,17-18,20-21,23-24,26,30,32,36,38,42,44,54,56-61,63-67H,3-5,7,9-11,13,16,19,22,25,27-29,31,33-35,37,39-41,43,45-53H2,1-2H3,(H,68,69)/b8-6-,14-12-,17-15-,20-18-,23-21-,26-24-,32-30-,38-36-,44-42-. The van der Waals surface area contributed by atoms with Crippen LogP contribution in [0.5, 0.6) is 0 Å². The number of carbonyl (C=O) groups excluding carboxylic acids is 1. The second-order valence-electron chi connectivity index (χ2n) is 19.4. The topological polar surface area (TPSA) is 192 Å². The Balaban J connectivity index is 2.35. The third-order valence-corrected chi connectivity index (χ3v) is 13.6. The lowest BCUT2D eigenvalue weighted by Crippen LogP contribution is -2.64. The molecule has 1 rings (SSSR count). The van der Waals surface area contributed by atoms with E-state index in [1.165, 1.54) is 96.3 Å². The molecular formula is C61H103O12P. The predicted octanol–water partition coefficient (Wildman–Crippen LogP) is 14.0. The molecule has 6 unspecified atom stereocenters. The highest BCUT2D eigenvalue weighted by atomic mass is 31.2. The Morgan fingerprint density at radius 1 is 0.446 bits per heavy atom. The molecule has 0 heterocycles. The first-order valence-electron chi connectivity index (χ1n) is 28.7. The summed E-state index contributed by atoms with van der Waals surface area (Å²) in [5.74, 6) is -0.537. The molecular weight excluding hydrogens is 956 g/mol. The molecule has 0 aromatic rings. The second-order valence-corrected chi connectivity index (χ2v) is 20.8. The minimum absolute atomic E-state index is 0.0994. The number of aliphatic hydroxyl groups is 5. The van der Waals surface area contributed by atoms with Gasteiger partial charge in [0.15, 0.2) is 0 Å². The summed E-state index contributed by atoms with van der Waals surface area (Å²) in [5, 5.41) is 50.4. The fraction of sp³-hybridized carbons (Fsp3) is 0.689. The first kappa shape index (κ1) is 69.0. The Morgan fingerprint density at radius 2 is 0.797 bits per heavy atom. The molecule has 13 heteroatoms. The van der Waals surface area contributed by atoms with E-state index in [1.54, 1.807) is 0 Å². The lowest BCUT2D eigenvalue weighted by molar-refractivity contribution is -0.220. The first-order chi connectivity index (χ1) is 36.0. The van der Waals surface area contributed by atoms with Gasteiger partial charge in [-0.25, -0.2) is 4.57 Å². The van der Waals surface area contributed by atoms with Crippen molar-refractivity contribution in [3.63, 3.8) is 0 Å². The SMILES string of the molecule is CC/C=C\C/C=C\C/C=C\C/C=C\C/C=C\C/C=C\C/C=C\CCCC(=O)OC(COCCCCCCCCCCCCCC/C=C\C/C=C\CCCCCCC)COP(=O)(O)OC1C(O)C(O)C(O)C(O)C1O. The van der Waals surface area contributed by atoms with E-state index in [1.807, 2.05) is 12.2 Å². The number of phosphoric acid groups is 1. The van der Waals surface area contributed by atoms with Crippen molar-refractivity contribution >= 4 is 13.8 Å². The molecule has 12 nitrogen and oxygen atoms in total. The molecule has 0 amide bonds. The summed E-state index contributed by atoms with van der Waals surface area (Å²) in [6.07, 6.45) is 58.8. The second kappa shape index (κ2) is 49.6. The van der Waals surface area contributed by atoms with Crippen LogP contribution in [0.3, 0.4) is 0 Å². The van der Waals surface area contributed by atoms with E-state index in [0.29, 0.717) is 19.4 Å². The van der Waals surface area contributed by atoms with Crippen LogP contribution < -0.4 is 0 Å². The number of hydrogen-bond acceptors (Lipinski definition) is 11. The van der Waals surface area contributed by atoms with E-state index in [9.17, 15) is 39.8 Å². The maximum Gasteiger partial charge on any atom is 0.472 e. The van der Waals surface area contributed by atoms with Gasteiger partial charge in [0, 0.05) is 13.0 Å². The molecule has 1 fully saturated rings. The average molecular weight is 1060 g/mol. The molecule has 0 saturated heterocycles. The van der Waals surface area contributed by atoms with Gasteiger partial charge in [0.05, 0.1) is 13.2 Å². The van der Waals surface area contributed by atoms with Crippen molar-refractivity contribution in [1.29, 1.82) is 0 Å². The largest absolute Gasteiger partial charge is 0.472 e. The van der Waals surface area contributed by atoms with Gasteiger partial charge in [-0.05, 0) is 96.3 Å². The van der Waals surface area contributed by atoms with Crippen molar-refractivity contribution in [1.82, 2.24) is 0 Å². The van der Waals surface area contributed by atoms with E-state index < -0.39 is 63.1 Å². The number of unbranched alkanes of at least 4 members (excludes halogenated alkanes) is 18. The van der Waals surface area contributed by atoms with E-state index in [2.05, 4.69) is 111 Å². The molecule has 74 heavy (non-hydrogen) atoms. The van der Waals surface area contributed by atoms with Crippen molar-refractivity contribution in [2.45, 2.75) is 249 Å². The van der Waals surface area contributed by atoms with Gasteiger partial charge in [0.25, 0.3) is 0 Å². The smallest absolute Gasteiger partial charge is 0.457 e. The molecule has 0 aromatic carbocycles. The summed E-state index contributed by atoms with van der Waals surface area (Å²) in [7, 11) is -5.05. The van der Waals surface area contributed by atoms with Gasteiger partial charge in [0.1, 0.15) is 42.7 Å². The van der Waals surface area contributed by atoms with Crippen LogP contribution in [0.1, 0.15) is 206 Å². The van der Waals surface area contributed by atoms with Crippen LogP contribution in [0, 0.1) is 0 Å². The van der Waals surface area contributed by atoms with Crippen LogP contribution in [-0.2, 0) is 27.9 Å². The van der Waals surface area contributed by atoms with Gasteiger partial charge in [0.2, 0.25) is 0 Å². The van der Waals surface area contributed by atoms with Gasteiger partial charge in [-0.1, -0.05) is 213 Å². The Labute approximate surface area is 448 Å². The normalized spacial score (nSPS) is 21.2. The summed E-state index contributed by atoms with van der Waals surface area (Å²) >= 11 is 0. The van der Waals surface area contributed by atoms with Crippen molar-refractivity contribution in [3.8, 4) is 0 Å². The highest BCUT2D eigenvalue weighted by Crippen LogP contribution is 2.47. The number of ether oxygens (including phenoxy) is 2. The molecule has 0 bridgehead atoms. The molecule has 1 aliphatic rings. The average Bonchev–Trinajstić information content (AvgIpc) is 3.39. The van der Waals surface area contributed by atoms with Crippen molar-refractivity contribution < 1.29 is 58.3 Å². The molecule has 0 spiro atoms. The summed E-state index contributed by atoms with van der Waals surface area (Å²) in [6, 6.07) is 0. The zero-order valence-electron chi connectivity index (χ0n) is 45.8. The summed E-state index contributed by atoms with van der Waals surface area (Å²) in [6.45, 7) is 4.08. The number of phosphoric ester groups is 1. The maximum atomic E-state index is 12.9. The molecule has 6 N–H and O–H groups in total. The van der Waals surface area contributed by atoms with Crippen molar-refractivity contribution in [2.75, 3.05) is 19.8 Å². The molecule has 1 saturated carbocycles. The third kappa shape index (κ3) is 40.3. The summed E-state index contributed by atoms with van der Waals surface area (Å²) in [4.78, 5) is 23.3. The number of esters is 1. The van der Waals surface area contributed by atoms with Crippen molar-refractivity contribution in [3.05, 3.63) is 109 Å². The van der Waals surface area contributed by atoms with E-state index in [4.69, 9.17) is 18.5 Å². The highest BCUT2D eigenvalue weighted by molar-refractivity contribution is 7.47. The number of rotatable bonds is 48. The minimum Gasteiger partial charge on any atom is -0.457 e. The summed E-state index contributed by atoms with van der Waals surface area (Å²) in [5.41, 5.74) is 0. The molecule has 424 valence electrons. The van der Waals surface area contributed by atoms with Crippen LogP contribution in [0.2, 0.25) is 0 Å². The lowest BCUT2D eigenvalue weighted by atomic mass is 9.85. The van der Waals surface area contributed by atoms with Gasteiger partial charge >= 0.3 is 13.8 Å². The van der Waals surface area contributed by atoms with Gasteiger partial charge in [-0.3, -0.25) is 13.8 Å². The fourth-order valence-electron chi connectivity index (χ4n) is 8.14. The monoisotopic (exact) mass is 1060 g/mol. The highest BCUT2D eigenvalue weighted by Gasteiger charge is 2.51. The third-order valence-electron chi connectivity index (χ3n) is 12.6. The van der Waals surface area contributed by atoms with Crippen LogP contribution in [-0.4, -0.2) is 98.9 Å². The quantitative estimate of drug-likeness (QED) is 0.0146. The van der Waals surface area contributed by atoms with Gasteiger partial charge in [-0.2, -0.15) is 0 Å². The van der Waals surface area contributed by atoms with Crippen LogP contribution in [0.4, 0.5) is 0 Å². The Bertz CT molecular complexity index is 1630. The molecule has 0 radical (unpaired) electrons. The van der Waals surface area contributed by atoms with Gasteiger partial charge in [-0.15, -0.1) is 0 Å². The van der Waals surface area contributed by atoms with E-state index in [0.717, 1.165) is 77.0 Å². The first-order valence-corrected chi connectivity index (χ1v) is 30.2. The van der Waals surface area contributed by atoms with Gasteiger partial charge < -0.3 is 39.9 Å². The number of allylic oxidation sites excluding steroid dienone is 18. The summed E-state index contributed by atoms with van der Waals surface area (Å²) < 4.78 is 34.3. The number of hydrogen-bond donors (Lipinski definition) is 6. The zero-order valence-corrected chi connectivity index (χ0v) is 46.7. The molecule has 1 aliphatic carbocycles. The Hall–Kier alpha value is -3.00.